The van der Waals surface area contributed by atoms with Crippen LogP contribution in [0.2, 0.25) is 0 Å². The highest BCUT2D eigenvalue weighted by atomic mass is 16.5. The molecule has 0 aromatic carbocycles. The Hall–Kier alpha value is -2.96. The average Bonchev–Trinajstić information content (AvgIpc) is 3.26. The largest absolute Gasteiger partial charge is 0.361 e. The van der Waals surface area contributed by atoms with Gasteiger partial charge in [0, 0.05) is 37.9 Å². The maximum atomic E-state index is 12.6. The van der Waals surface area contributed by atoms with Crippen LogP contribution in [0.25, 0.3) is 11.3 Å². The van der Waals surface area contributed by atoms with Gasteiger partial charge >= 0.3 is 0 Å². The van der Waals surface area contributed by atoms with Gasteiger partial charge in [-0.05, 0) is 44.9 Å². The fraction of sp³-hybridized carbons (Fsp3) is 0.400. The Morgan fingerprint density at radius 3 is 2.59 bits per heavy atom. The molecule has 1 aliphatic heterocycles. The lowest BCUT2D eigenvalue weighted by Crippen LogP contribution is -2.38. The molecule has 0 aliphatic carbocycles. The highest BCUT2D eigenvalue weighted by Crippen LogP contribution is 2.31. The second-order valence-electron chi connectivity index (χ2n) is 7.09. The summed E-state index contributed by atoms with van der Waals surface area (Å²) in [5.74, 6) is 1.14. The molecular weight excluding hydrogens is 342 g/mol. The number of nitrogens with zero attached hydrogens (tertiary/aromatic N) is 5. The lowest BCUT2D eigenvalue weighted by atomic mass is 9.92. The van der Waals surface area contributed by atoms with E-state index in [-0.39, 0.29) is 5.91 Å². The zero-order valence-electron chi connectivity index (χ0n) is 15.8. The van der Waals surface area contributed by atoms with Gasteiger partial charge in [0.2, 0.25) is 0 Å². The van der Waals surface area contributed by atoms with Crippen LogP contribution < -0.4 is 0 Å². The van der Waals surface area contributed by atoms with Gasteiger partial charge in [-0.1, -0.05) is 11.2 Å². The summed E-state index contributed by atoms with van der Waals surface area (Å²) < 4.78 is 6.93. The van der Waals surface area contributed by atoms with E-state index in [0.29, 0.717) is 11.6 Å². The first-order valence-electron chi connectivity index (χ1n) is 9.22. The average molecular weight is 365 g/mol. The summed E-state index contributed by atoms with van der Waals surface area (Å²) in [7, 11) is 1.82. The number of amides is 1. The van der Waals surface area contributed by atoms with E-state index >= 15 is 0 Å². The minimum Gasteiger partial charge on any atom is -0.361 e. The molecule has 27 heavy (non-hydrogen) atoms. The molecule has 1 amide bonds. The van der Waals surface area contributed by atoms with Gasteiger partial charge in [-0.15, -0.1) is 0 Å². The predicted molar refractivity (Wildman–Crippen MR) is 100 cm³/mol. The molecule has 4 rings (SSSR count). The van der Waals surface area contributed by atoms with Crippen LogP contribution >= 0.6 is 0 Å². The highest BCUT2D eigenvalue weighted by Gasteiger charge is 2.26. The van der Waals surface area contributed by atoms with E-state index in [2.05, 4.69) is 16.3 Å². The summed E-state index contributed by atoms with van der Waals surface area (Å²) in [5.41, 5.74) is 4.30. The van der Waals surface area contributed by atoms with Crippen molar-refractivity contribution in [2.45, 2.75) is 32.6 Å². The van der Waals surface area contributed by atoms with Gasteiger partial charge in [0.15, 0.2) is 0 Å². The lowest BCUT2D eigenvalue weighted by Gasteiger charge is -2.31. The van der Waals surface area contributed by atoms with Crippen LogP contribution in [0.3, 0.4) is 0 Å². The van der Waals surface area contributed by atoms with Crippen molar-refractivity contribution >= 4 is 5.91 Å². The monoisotopic (exact) mass is 365 g/mol. The van der Waals surface area contributed by atoms with Crippen LogP contribution in [0, 0.1) is 13.8 Å². The number of aromatic nitrogens is 4. The standard InChI is InChI=1S/C20H23N5O2/c1-13-19(14(2)27-23-13)17-6-4-5-16(21-17)15-7-11-25(12-8-15)20(26)18-9-10-24(3)22-18/h4-6,9-10,15H,7-8,11-12H2,1-3H3. The predicted octanol–water partition coefficient (Wildman–Crippen LogP) is 3.11. The molecule has 7 nitrogen and oxygen atoms in total. The lowest BCUT2D eigenvalue weighted by molar-refractivity contribution is 0.0705. The van der Waals surface area contributed by atoms with E-state index in [9.17, 15) is 4.79 Å². The minimum atomic E-state index is 0.00600. The van der Waals surface area contributed by atoms with Gasteiger partial charge in [0.1, 0.15) is 11.5 Å². The second kappa shape index (κ2) is 6.98. The Morgan fingerprint density at radius 2 is 1.96 bits per heavy atom. The van der Waals surface area contributed by atoms with Crippen molar-refractivity contribution in [2.75, 3.05) is 13.1 Å². The van der Waals surface area contributed by atoms with Crippen molar-refractivity contribution in [2.24, 2.45) is 7.05 Å². The number of carbonyl (C=O) groups is 1. The minimum absolute atomic E-state index is 0.00600. The number of pyridine rings is 1. The molecule has 0 radical (unpaired) electrons. The van der Waals surface area contributed by atoms with Crippen molar-refractivity contribution in [3.05, 3.63) is 53.3 Å². The van der Waals surface area contributed by atoms with Gasteiger partial charge in [-0.3, -0.25) is 14.5 Å². The molecule has 0 atom stereocenters. The fourth-order valence-corrected chi connectivity index (χ4v) is 3.74. The van der Waals surface area contributed by atoms with Gasteiger partial charge in [-0.2, -0.15) is 5.10 Å². The number of carbonyl (C=O) groups excluding carboxylic acids is 1. The molecule has 140 valence electrons. The molecule has 0 bridgehead atoms. The molecule has 0 saturated carbocycles. The summed E-state index contributed by atoms with van der Waals surface area (Å²) >= 11 is 0. The molecule has 1 aliphatic rings. The van der Waals surface area contributed by atoms with Gasteiger partial charge in [0.25, 0.3) is 5.91 Å². The number of aryl methyl sites for hydroxylation is 3. The van der Waals surface area contributed by atoms with Crippen LogP contribution in [-0.2, 0) is 7.05 Å². The van der Waals surface area contributed by atoms with Gasteiger partial charge in [0.05, 0.1) is 17.0 Å². The third-order valence-electron chi connectivity index (χ3n) is 5.19. The molecular formula is C20H23N5O2. The maximum absolute atomic E-state index is 12.6. The number of likely N-dealkylation sites (tertiary alicyclic amines) is 1. The van der Waals surface area contributed by atoms with Crippen LogP contribution in [-0.4, -0.2) is 43.8 Å². The molecule has 3 aromatic rings. The Morgan fingerprint density at radius 1 is 1.19 bits per heavy atom. The van der Waals surface area contributed by atoms with Crippen molar-refractivity contribution in [1.82, 2.24) is 24.8 Å². The molecule has 1 saturated heterocycles. The fourth-order valence-electron chi connectivity index (χ4n) is 3.74. The first-order chi connectivity index (χ1) is 13.0. The van der Waals surface area contributed by atoms with Gasteiger partial charge < -0.3 is 9.42 Å². The molecule has 7 heteroatoms. The van der Waals surface area contributed by atoms with E-state index in [0.717, 1.165) is 54.3 Å². The number of hydrogen-bond donors (Lipinski definition) is 0. The number of rotatable bonds is 3. The Labute approximate surface area is 158 Å². The zero-order chi connectivity index (χ0) is 19.0. The number of piperidine rings is 1. The molecule has 3 aromatic heterocycles. The molecule has 0 unspecified atom stereocenters. The molecule has 4 heterocycles. The van der Waals surface area contributed by atoms with E-state index in [1.807, 2.05) is 37.9 Å². The molecule has 0 N–H and O–H groups in total. The molecule has 0 spiro atoms. The molecule has 1 fully saturated rings. The summed E-state index contributed by atoms with van der Waals surface area (Å²) in [6.07, 6.45) is 3.59. The van der Waals surface area contributed by atoms with E-state index in [4.69, 9.17) is 9.51 Å². The highest BCUT2D eigenvalue weighted by molar-refractivity contribution is 5.92. The third-order valence-corrected chi connectivity index (χ3v) is 5.19. The van der Waals surface area contributed by atoms with Crippen molar-refractivity contribution < 1.29 is 9.32 Å². The van der Waals surface area contributed by atoms with Crippen molar-refractivity contribution in [3.63, 3.8) is 0 Å². The Balaban J connectivity index is 1.47. The van der Waals surface area contributed by atoms with Crippen molar-refractivity contribution in [3.8, 4) is 11.3 Å². The van der Waals surface area contributed by atoms with E-state index in [1.165, 1.54) is 0 Å². The van der Waals surface area contributed by atoms with Crippen LogP contribution in [0.15, 0.2) is 35.0 Å². The maximum Gasteiger partial charge on any atom is 0.274 e. The van der Waals surface area contributed by atoms with E-state index in [1.54, 1.807) is 16.9 Å². The second-order valence-corrected chi connectivity index (χ2v) is 7.09. The topological polar surface area (TPSA) is 77.0 Å². The van der Waals surface area contributed by atoms with Crippen LogP contribution in [0.4, 0.5) is 0 Å². The quantitative estimate of drug-likeness (QED) is 0.713. The smallest absolute Gasteiger partial charge is 0.274 e. The van der Waals surface area contributed by atoms with E-state index < -0.39 is 0 Å². The summed E-state index contributed by atoms with van der Waals surface area (Å²) in [4.78, 5) is 19.3. The zero-order valence-corrected chi connectivity index (χ0v) is 15.8. The normalized spacial score (nSPS) is 15.3. The van der Waals surface area contributed by atoms with Crippen molar-refractivity contribution in [1.29, 1.82) is 0 Å². The van der Waals surface area contributed by atoms with Gasteiger partial charge in [-0.25, -0.2) is 0 Å². The first kappa shape index (κ1) is 17.5. The Bertz CT molecular complexity index is 947. The SMILES string of the molecule is Cc1noc(C)c1-c1cccc(C2CCN(C(=O)c3ccn(C)n3)CC2)n1. The summed E-state index contributed by atoms with van der Waals surface area (Å²) in [5, 5.41) is 8.25. The summed E-state index contributed by atoms with van der Waals surface area (Å²) in [6.45, 7) is 5.28. The van der Waals surface area contributed by atoms with Crippen LogP contribution in [0.5, 0.6) is 0 Å². The Kier molecular flexibility index (Phi) is 4.51. The number of hydrogen-bond acceptors (Lipinski definition) is 5. The summed E-state index contributed by atoms with van der Waals surface area (Å²) in [6, 6.07) is 7.87. The van der Waals surface area contributed by atoms with Crippen LogP contribution in [0.1, 0.15) is 46.4 Å². The first-order valence-corrected chi connectivity index (χ1v) is 9.22. The third kappa shape index (κ3) is 3.37.